The molecule has 3 aliphatic heterocycles. The van der Waals surface area contributed by atoms with Gasteiger partial charge in [0.2, 0.25) is 5.91 Å². The minimum absolute atomic E-state index is 0.00448. The Morgan fingerprint density at radius 2 is 1.10 bits per heavy atom. The van der Waals surface area contributed by atoms with Gasteiger partial charge in [-0.05, 0) is 80.7 Å². The van der Waals surface area contributed by atoms with Crippen LogP contribution in [-0.4, -0.2) is 123 Å². The van der Waals surface area contributed by atoms with Crippen LogP contribution in [0.15, 0.2) is 97.3 Å². The number of hydrogen-bond donors (Lipinski definition) is 4. The SMILES string of the molecule is COc1cc(N2CCN(C)CC2)ccc1Nc1cc(Nc2cc(C(C)(C)C)nn2C)ccn1.COc1cc(N2CCN(C)CC2)ccc1Nc1cc(Nc2ccc3c(c2)CCN3C(C)=O)ccn1. The molecule has 358 valence electrons. The van der Waals surface area contributed by atoms with Crippen LogP contribution in [-0.2, 0) is 23.7 Å². The van der Waals surface area contributed by atoms with Gasteiger partial charge in [0, 0.05) is 155 Å². The maximum absolute atomic E-state index is 11.8. The fourth-order valence-electron chi connectivity index (χ4n) is 8.59. The van der Waals surface area contributed by atoms with Crippen LogP contribution < -0.4 is 45.4 Å². The first-order valence-corrected chi connectivity index (χ1v) is 23.4. The van der Waals surface area contributed by atoms with Crippen molar-refractivity contribution in [1.29, 1.82) is 0 Å². The molecule has 0 unspecified atom stereocenters. The number of fused-ring (bicyclic) bond motifs is 1. The van der Waals surface area contributed by atoms with Crippen LogP contribution >= 0.6 is 0 Å². The predicted octanol–water partition coefficient (Wildman–Crippen LogP) is 8.60. The summed E-state index contributed by atoms with van der Waals surface area (Å²) in [6.45, 7) is 17.2. The molecule has 2 fully saturated rings. The molecule has 3 aliphatic rings. The highest BCUT2D eigenvalue weighted by atomic mass is 16.5. The first-order chi connectivity index (χ1) is 32.7. The predicted molar refractivity (Wildman–Crippen MR) is 277 cm³/mol. The summed E-state index contributed by atoms with van der Waals surface area (Å²) in [5.74, 6) is 4.07. The van der Waals surface area contributed by atoms with Crippen LogP contribution in [0.5, 0.6) is 11.5 Å². The summed E-state index contributed by atoms with van der Waals surface area (Å²) >= 11 is 0. The van der Waals surface area contributed by atoms with E-state index in [4.69, 9.17) is 9.47 Å². The van der Waals surface area contributed by atoms with Gasteiger partial charge >= 0.3 is 0 Å². The zero-order valence-corrected chi connectivity index (χ0v) is 41.1. The Morgan fingerprint density at radius 1 is 0.588 bits per heavy atom. The second-order valence-corrected chi connectivity index (χ2v) is 18.8. The molecule has 0 bridgehead atoms. The molecule has 0 aliphatic carbocycles. The van der Waals surface area contributed by atoms with E-state index in [0.29, 0.717) is 0 Å². The Bertz CT molecular complexity index is 2680. The van der Waals surface area contributed by atoms with E-state index in [9.17, 15) is 4.79 Å². The number of aromatic nitrogens is 4. The standard InChI is InChI=1S/C27H32N6O2.C25H35N7O/c1-19(34)33-11-9-20-16-21(4-7-25(20)33)29-22-8-10-28-27(17-22)30-24-6-5-23(18-26(24)35-3)32-14-12-31(2)13-15-32;1-25(2,3)22-17-24(31(5)29-22)27-18-9-10-26-23(15-18)28-20-8-7-19(16-21(20)33-6)32-13-11-30(4)12-14-32/h4-8,10,16-18H,9,11-15H2,1-3H3,(H2,28,29,30);7-10,15-17H,11-14H2,1-6H3,(H2,26,27,28). The molecule has 2 saturated heterocycles. The number of methoxy groups -OCH3 is 2. The molecule has 9 rings (SSSR count). The number of carbonyl (C=O) groups is 1. The highest BCUT2D eigenvalue weighted by Crippen LogP contribution is 2.36. The van der Waals surface area contributed by atoms with Crippen LogP contribution in [0.4, 0.5) is 63.0 Å². The molecule has 6 heterocycles. The number of likely N-dealkylation sites (N-methyl/N-ethyl adjacent to an activating group) is 2. The number of ether oxygens (including phenoxy) is 2. The zero-order valence-electron chi connectivity index (χ0n) is 41.1. The average molecular weight is 922 g/mol. The number of pyridine rings is 2. The van der Waals surface area contributed by atoms with Gasteiger partial charge in [0.15, 0.2) is 0 Å². The van der Waals surface area contributed by atoms with E-state index in [1.54, 1.807) is 33.5 Å². The number of piperazine rings is 2. The Balaban J connectivity index is 0.000000184. The van der Waals surface area contributed by atoms with Crippen molar-refractivity contribution in [2.24, 2.45) is 7.05 Å². The fourth-order valence-corrected chi connectivity index (χ4v) is 8.59. The van der Waals surface area contributed by atoms with Crippen molar-refractivity contribution in [2.45, 2.75) is 39.5 Å². The Morgan fingerprint density at radius 3 is 1.59 bits per heavy atom. The molecule has 0 spiro atoms. The first-order valence-electron chi connectivity index (χ1n) is 23.4. The Hall–Kier alpha value is -7.04. The summed E-state index contributed by atoms with van der Waals surface area (Å²) in [5, 5.41) is 18.4. The Labute approximate surface area is 401 Å². The second-order valence-electron chi connectivity index (χ2n) is 18.8. The van der Waals surface area contributed by atoms with Crippen molar-refractivity contribution in [3.63, 3.8) is 0 Å². The number of amides is 1. The topological polar surface area (TPSA) is 143 Å². The molecule has 16 heteroatoms. The van der Waals surface area contributed by atoms with Crippen LogP contribution in [0.3, 0.4) is 0 Å². The maximum atomic E-state index is 11.8. The van der Waals surface area contributed by atoms with Gasteiger partial charge in [0.1, 0.15) is 29.0 Å². The van der Waals surface area contributed by atoms with E-state index in [1.165, 1.54) is 16.9 Å². The summed E-state index contributed by atoms with van der Waals surface area (Å²) in [5.41, 5.74) is 10.2. The van der Waals surface area contributed by atoms with Crippen molar-refractivity contribution in [3.8, 4) is 11.5 Å². The molecule has 0 atom stereocenters. The fraction of sp³-hybridized carbons (Fsp3) is 0.385. The maximum Gasteiger partial charge on any atom is 0.223 e. The second kappa shape index (κ2) is 20.9. The van der Waals surface area contributed by atoms with Crippen molar-refractivity contribution in [1.82, 2.24) is 29.5 Å². The van der Waals surface area contributed by atoms with Gasteiger partial charge < -0.3 is 55.2 Å². The van der Waals surface area contributed by atoms with Gasteiger partial charge in [-0.25, -0.2) is 9.97 Å². The molecule has 6 aromatic rings. The summed E-state index contributed by atoms with van der Waals surface area (Å²) in [6, 6.07) is 28.6. The monoisotopic (exact) mass is 922 g/mol. The number of rotatable bonds is 12. The van der Waals surface area contributed by atoms with Crippen LogP contribution in [0.1, 0.15) is 39.0 Å². The van der Waals surface area contributed by atoms with Gasteiger partial charge in [-0.2, -0.15) is 5.10 Å². The number of aryl methyl sites for hydroxylation is 1. The number of nitrogens with one attached hydrogen (secondary N) is 4. The van der Waals surface area contributed by atoms with E-state index in [2.05, 4.69) is 139 Å². The van der Waals surface area contributed by atoms with Gasteiger partial charge in [0.05, 0.1) is 31.3 Å². The molecule has 0 saturated carbocycles. The lowest BCUT2D eigenvalue weighted by molar-refractivity contribution is -0.116. The number of nitrogens with zero attached hydrogens (tertiary/aromatic N) is 9. The molecule has 0 radical (unpaired) electrons. The van der Waals surface area contributed by atoms with Crippen molar-refractivity contribution in [2.75, 3.05) is 123 Å². The van der Waals surface area contributed by atoms with Gasteiger partial charge in [-0.1, -0.05) is 20.8 Å². The van der Waals surface area contributed by atoms with Gasteiger partial charge in [0.25, 0.3) is 0 Å². The van der Waals surface area contributed by atoms with E-state index >= 15 is 0 Å². The molecule has 3 aromatic carbocycles. The lowest BCUT2D eigenvalue weighted by atomic mass is 9.92. The van der Waals surface area contributed by atoms with E-state index in [0.717, 1.165) is 134 Å². The number of hydrogen-bond acceptors (Lipinski definition) is 14. The largest absolute Gasteiger partial charge is 0.494 e. The van der Waals surface area contributed by atoms with Crippen LogP contribution in [0.2, 0.25) is 0 Å². The summed E-state index contributed by atoms with van der Waals surface area (Å²) in [7, 11) is 9.67. The Kier molecular flexibility index (Phi) is 14.6. The molecule has 4 N–H and O–H groups in total. The molecular formula is C52H67N13O3. The van der Waals surface area contributed by atoms with Crippen molar-refractivity contribution in [3.05, 3.63) is 109 Å². The minimum Gasteiger partial charge on any atom is -0.494 e. The van der Waals surface area contributed by atoms with Crippen LogP contribution in [0, 0.1) is 0 Å². The normalized spacial score (nSPS) is 15.3. The highest BCUT2D eigenvalue weighted by Gasteiger charge is 2.23. The third-order valence-corrected chi connectivity index (χ3v) is 12.7. The van der Waals surface area contributed by atoms with Crippen molar-refractivity contribution < 1.29 is 14.3 Å². The third-order valence-electron chi connectivity index (χ3n) is 12.7. The van der Waals surface area contributed by atoms with Gasteiger partial charge in [-0.3, -0.25) is 9.48 Å². The smallest absolute Gasteiger partial charge is 0.223 e. The summed E-state index contributed by atoms with van der Waals surface area (Å²) < 4.78 is 13.3. The lowest BCUT2D eigenvalue weighted by Gasteiger charge is -2.34. The lowest BCUT2D eigenvalue weighted by Crippen LogP contribution is -2.44. The summed E-state index contributed by atoms with van der Waals surface area (Å²) in [6.07, 6.45) is 4.44. The van der Waals surface area contributed by atoms with E-state index in [1.807, 2.05) is 53.0 Å². The zero-order chi connectivity index (χ0) is 48.0. The first kappa shape index (κ1) is 47.5. The molecule has 16 nitrogen and oxygen atoms in total. The van der Waals surface area contributed by atoms with Gasteiger partial charge in [-0.15, -0.1) is 0 Å². The number of anilines is 11. The van der Waals surface area contributed by atoms with Crippen molar-refractivity contribution >= 4 is 68.9 Å². The molecular weight excluding hydrogens is 855 g/mol. The quantitative estimate of drug-likeness (QED) is 0.0931. The number of carbonyl (C=O) groups excluding carboxylic acids is 1. The van der Waals surface area contributed by atoms with E-state index < -0.39 is 0 Å². The van der Waals surface area contributed by atoms with E-state index in [-0.39, 0.29) is 11.3 Å². The van der Waals surface area contributed by atoms with Crippen LogP contribution in [0.25, 0.3) is 0 Å². The third kappa shape index (κ3) is 11.5. The summed E-state index contributed by atoms with van der Waals surface area (Å²) in [4.78, 5) is 32.1. The minimum atomic E-state index is -0.00448. The number of benzene rings is 3. The molecule has 68 heavy (non-hydrogen) atoms. The molecule has 1 amide bonds. The average Bonchev–Trinajstić information content (AvgIpc) is 3.93. The molecule has 3 aromatic heterocycles. The highest BCUT2D eigenvalue weighted by molar-refractivity contribution is 5.94.